The van der Waals surface area contributed by atoms with E-state index in [0.29, 0.717) is 30.5 Å². The summed E-state index contributed by atoms with van der Waals surface area (Å²) in [5, 5.41) is 5.06. The van der Waals surface area contributed by atoms with Crippen LogP contribution in [-0.2, 0) is 23.9 Å². The summed E-state index contributed by atoms with van der Waals surface area (Å²) in [6.45, 7) is 2.61. The highest BCUT2D eigenvalue weighted by Gasteiger charge is 2.34. The second-order valence-electron chi connectivity index (χ2n) is 8.33. The number of fused-ring (bicyclic) bond motifs is 1. The first-order chi connectivity index (χ1) is 16.6. The zero-order valence-corrected chi connectivity index (χ0v) is 19.5. The minimum absolute atomic E-state index is 0.144. The van der Waals surface area contributed by atoms with Crippen molar-refractivity contribution in [1.82, 2.24) is 5.32 Å². The molecule has 3 aromatic carbocycles. The summed E-state index contributed by atoms with van der Waals surface area (Å²) in [5.41, 5.74) is 1.95. The maximum atomic E-state index is 13.1. The zero-order valence-electron chi connectivity index (χ0n) is 18.7. The molecule has 4 rings (SSSR count). The SMILES string of the molecule is Cc1ccccc1CNC(=O)C1COc2ccc(NC(=O)c3ccc(Cl)c(C(F)(F)F)c3)cc2C1. The molecule has 1 heterocycles. The van der Waals surface area contributed by atoms with Crippen molar-refractivity contribution in [2.75, 3.05) is 11.9 Å². The lowest BCUT2D eigenvalue weighted by Crippen LogP contribution is -2.37. The van der Waals surface area contributed by atoms with Crippen LogP contribution in [0.3, 0.4) is 0 Å². The van der Waals surface area contributed by atoms with Crippen LogP contribution in [0.1, 0.15) is 32.6 Å². The molecular weight excluding hydrogens is 481 g/mol. The van der Waals surface area contributed by atoms with Gasteiger partial charge in [0.2, 0.25) is 5.91 Å². The predicted molar refractivity (Wildman–Crippen MR) is 127 cm³/mol. The molecule has 5 nitrogen and oxygen atoms in total. The number of halogens is 4. The number of nitrogens with one attached hydrogen (secondary N) is 2. The average Bonchev–Trinajstić information content (AvgIpc) is 2.82. The predicted octanol–water partition coefficient (Wildman–Crippen LogP) is 5.79. The molecule has 2 amide bonds. The van der Waals surface area contributed by atoms with Crippen molar-refractivity contribution in [2.24, 2.45) is 5.92 Å². The number of amides is 2. The van der Waals surface area contributed by atoms with Gasteiger partial charge >= 0.3 is 6.18 Å². The van der Waals surface area contributed by atoms with Gasteiger partial charge in [0.1, 0.15) is 12.4 Å². The van der Waals surface area contributed by atoms with Gasteiger partial charge in [-0.05, 0) is 66.4 Å². The molecule has 0 bridgehead atoms. The average molecular weight is 503 g/mol. The van der Waals surface area contributed by atoms with E-state index in [1.165, 1.54) is 6.07 Å². The molecule has 0 spiro atoms. The third-order valence-electron chi connectivity index (χ3n) is 5.84. The smallest absolute Gasteiger partial charge is 0.417 e. The summed E-state index contributed by atoms with van der Waals surface area (Å²) >= 11 is 5.63. The van der Waals surface area contributed by atoms with Gasteiger partial charge in [-0.1, -0.05) is 35.9 Å². The molecule has 1 atom stereocenters. The Balaban J connectivity index is 1.43. The molecule has 0 saturated carbocycles. The van der Waals surface area contributed by atoms with Gasteiger partial charge < -0.3 is 15.4 Å². The van der Waals surface area contributed by atoms with Crippen LogP contribution in [0, 0.1) is 12.8 Å². The molecule has 1 unspecified atom stereocenters. The molecule has 9 heteroatoms. The summed E-state index contributed by atoms with van der Waals surface area (Å²) in [6.07, 6.45) is -4.27. The van der Waals surface area contributed by atoms with Crippen LogP contribution in [0.4, 0.5) is 18.9 Å². The maximum absolute atomic E-state index is 13.1. The first kappa shape index (κ1) is 24.6. The van der Waals surface area contributed by atoms with Crippen molar-refractivity contribution in [3.05, 3.63) is 93.5 Å². The molecule has 35 heavy (non-hydrogen) atoms. The number of carbonyl (C=O) groups excluding carboxylic acids is 2. The van der Waals surface area contributed by atoms with Crippen LogP contribution in [0.5, 0.6) is 5.75 Å². The zero-order chi connectivity index (χ0) is 25.2. The van der Waals surface area contributed by atoms with Crippen molar-refractivity contribution < 1.29 is 27.5 Å². The Kier molecular flexibility index (Phi) is 7.03. The molecule has 0 saturated heterocycles. The van der Waals surface area contributed by atoms with Crippen LogP contribution in [0.2, 0.25) is 5.02 Å². The summed E-state index contributed by atoms with van der Waals surface area (Å²) in [7, 11) is 0. The van der Waals surface area contributed by atoms with E-state index >= 15 is 0 Å². The normalized spacial score (nSPS) is 15.1. The van der Waals surface area contributed by atoms with Crippen molar-refractivity contribution in [2.45, 2.75) is 26.1 Å². The molecule has 0 fully saturated rings. The number of rotatable bonds is 5. The number of hydrogen-bond acceptors (Lipinski definition) is 3. The van der Waals surface area contributed by atoms with Crippen molar-refractivity contribution in [3.63, 3.8) is 0 Å². The van der Waals surface area contributed by atoms with Gasteiger partial charge in [-0.3, -0.25) is 9.59 Å². The Morgan fingerprint density at radius 3 is 2.60 bits per heavy atom. The fraction of sp³-hybridized carbons (Fsp3) is 0.231. The summed E-state index contributed by atoms with van der Waals surface area (Å²) in [4.78, 5) is 25.3. The summed E-state index contributed by atoms with van der Waals surface area (Å²) < 4.78 is 45.1. The lowest BCUT2D eigenvalue weighted by Gasteiger charge is -2.25. The number of aryl methyl sites for hydroxylation is 1. The second kappa shape index (κ2) is 10.00. The van der Waals surface area contributed by atoms with E-state index in [2.05, 4.69) is 10.6 Å². The highest BCUT2D eigenvalue weighted by molar-refractivity contribution is 6.31. The molecule has 1 aliphatic heterocycles. The Labute approximate surface area is 205 Å². The first-order valence-electron chi connectivity index (χ1n) is 10.9. The lowest BCUT2D eigenvalue weighted by atomic mass is 9.95. The van der Waals surface area contributed by atoms with Crippen molar-refractivity contribution in [3.8, 4) is 5.75 Å². The Hall–Kier alpha value is -3.52. The van der Waals surface area contributed by atoms with Crippen LogP contribution in [0.25, 0.3) is 0 Å². The van der Waals surface area contributed by atoms with Crippen LogP contribution < -0.4 is 15.4 Å². The number of benzene rings is 3. The quantitative estimate of drug-likeness (QED) is 0.464. The monoisotopic (exact) mass is 502 g/mol. The van der Waals surface area contributed by atoms with Gasteiger partial charge in [0.15, 0.2) is 0 Å². The Morgan fingerprint density at radius 2 is 1.86 bits per heavy atom. The standard InChI is InChI=1S/C26H22ClF3N2O3/c1-15-4-2-3-5-17(15)13-31-24(33)19-10-18-11-20(7-9-23(18)35-14-19)32-25(34)16-6-8-22(27)21(12-16)26(28,29)30/h2-9,11-12,19H,10,13-14H2,1H3,(H,31,33)(H,32,34). The molecule has 182 valence electrons. The van der Waals surface area contributed by atoms with E-state index in [-0.39, 0.29) is 18.1 Å². The van der Waals surface area contributed by atoms with Gasteiger partial charge in [0.05, 0.1) is 16.5 Å². The highest BCUT2D eigenvalue weighted by Crippen LogP contribution is 2.35. The lowest BCUT2D eigenvalue weighted by molar-refractivity contribution is -0.137. The van der Waals surface area contributed by atoms with Gasteiger partial charge in [-0.25, -0.2) is 0 Å². The highest BCUT2D eigenvalue weighted by atomic mass is 35.5. The topological polar surface area (TPSA) is 67.4 Å². The molecule has 1 aliphatic rings. The van der Waals surface area contributed by atoms with Gasteiger partial charge in [-0.2, -0.15) is 13.2 Å². The van der Waals surface area contributed by atoms with E-state index in [1.807, 2.05) is 31.2 Å². The van der Waals surface area contributed by atoms with Gasteiger partial charge in [-0.15, -0.1) is 0 Å². The largest absolute Gasteiger partial charge is 0.492 e. The summed E-state index contributed by atoms with van der Waals surface area (Å²) in [5.74, 6) is -0.676. The number of carbonyl (C=O) groups is 2. The third-order valence-corrected chi connectivity index (χ3v) is 6.17. The molecule has 3 aromatic rings. The first-order valence-corrected chi connectivity index (χ1v) is 11.3. The molecule has 0 radical (unpaired) electrons. The molecule has 0 aliphatic carbocycles. The van der Waals surface area contributed by atoms with E-state index < -0.39 is 28.6 Å². The van der Waals surface area contributed by atoms with E-state index in [4.69, 9.17) is 16.3 Å². The number of anilines is 1. The third kappa shape index (κ3) is 5.77. The van der Waals surface area contributed by atoms with Gasteiger partial charge in [0, 0.05) is 17.8 Å². The van der Waals surface area contributed by atoms with E-state index in [0.717, 1.165) is 22.8 Å². The minimum atomic E-state index is -4.68. The minimum Gasteiger partial charge on any atom is -0.492 e. The Bertz CT molecular complexity index is 1280. The fourth-order valence-electron chi connectivity index (χ4n) is 3.86. The van der Waals surface area contributed by atoms with Crippen LogP contribution in [0.15, 0.2) is 60.7 Å². The van der Waals surface area contributed by atoms with Crippen molar-refractivity contribution in [1.29, 1.82) is 0 Å². The Morgan fingerprint density at radius 1 is 1.09 bits per heavy atom. The van der Waals surface area contributed by atoms with E-state index in [1.54, 1.807) is 18.2 Å². The fourth-order valence-corrected chi connectivity index (χ4v) is 4.09. The number of alkyl halides is 3. The van der Waals surface area contributed by atoms with Crippen LogP contribution in [-0.4, -0.2) is 18.4 Å². The molecule has 0 aromatic heterocycles. The summed E-state index contributed by atoms with van der Waals surface area (Å²) in [6, 6.07) is 15.7. The number of ether oxygens (including phenoxy) is 1. The number of hydrogen-bond donors (Lipinski definition) is 2. The molecular formula is C26H22ClF3N2O3. The van der Waals surface area contributed by atoms with Crippen molar-refractivity contribution >= 4 is 29.1 Å². The van der Waals surface area contributed by atoms with E-state index in [9.17, 15) is 22.8 Å². The van der Waals surface area contributed by atoms with Crippen LogP contribution >= 0.6 is 11.6 Å². The second-order valence-corrected chi connectivity index (χ2v) is 8.73. The van der Waals surface area contributed by atoms with Gasteiger partial charge in [0.25, 0.3) is 5.91 Å². The maximum Gasteiger partial charge on any atom is 0.417 e. The molecule has 2 N–H and O–H groups in total.